The Morgan fingerprint density at radius 2 is 1.26 bits per heavy atom. The number of fused-ring (bicyclic) bond motifs is 2. The molecule has 9 heteroatoms. The molecule has 0 radical (unpaired) electrons. The first-order chi connectivity index (χ1) is 22.8. The number of nitrogens with zero attached hydrogens (tertiary/aromatic N) is 2. The number of phenols is 1. The Bertz CT molecular complexity index is 1810. The minimum Gasteiger partial charge on any atom is -0.504 e. The molecule has 0 saturated carbocycles. The smallest absolute Gasteiger partial charge is 0.204 e. The van der Waals surface area contributed by atoms with Crippen LogP contribution < -0.4 is 28.4 Å². The molecular weight excluding hydrogens is 596 g/mol. The topological polar surface area (TPSA) is 82.1 Å². The maximum Gasteiger partial charge on any atom is 0.204 e. The fourth-order valence-corrected chi connectivity index (χ4v) is 7.40. The van der Waals surface area contributed by atoms with Crippen LogP contribution in [0.25, 0.3) is 0 Å². The molecule has 47 heavy (non-hydrogen) atoms. The van der Waals surface area contributed by atoms with Gasteiger partial charge in [0.05, 0.1) is 28.4 Å². The quantitative estimate of drug-likeness (QED) is 0.258. The van der Waals surface area contributed by atoms with Gasteiger partial charge in [-0.1, -0.05) is 18.2 Å². The molecule has 0 aromatic heterocycles. The summed E-state index contributed by atoms with van der Waals surface area (Å²) >= 11 is 0. The number of hydrogen-bond acceptors (Lipinski definition) is 9. The molecule has 0 aliphatic carbocycles. The van der Waals surface area contributed by atoms with Crippen molar-refractivity contribution in [2.45, 2.75) is 37.8 Å². The third-order valence-electron chi connectivity index (χ3n) is 9.99. The second-order valence-electron chi connectivity index (χ2n) is 12.6. The van der Waals surface area contributed by atoms with Crippen LogP contribution in [-0.4, -0.2) is 70.5 Å². The highest BCUT2D eigenvalue weighted by molar-refractivity contribution is 5.65. The van der Waals surface area contributed by atoms with Gasteiger partial charge in [-0.2, -0.15) is 0 Å². The predicted molar refractivity (Wildman–Crippen MR) is 179 cm³/mol. The maximum absolute atomic E-state index is 11.7. The molecule has 8 rings (SSSR count). The lowest BCUT2D eigenvalue weighted by Gasteiger charge is -2.37. The molecule has 0 unspecified atom stereocenters. The zero-order chi connectivity index (χ0) is 32.8. The van der Waals surface area contributed by atoms with Gasteiger partial charge in [0.2, 0.25) is 11.5 Å². The lowest BCUT2D eigenvalue weighted by Crippen LogP contribution is -2.34. The first-order valence-electron chi connectivity index (χ1n) is 16.1. The van der Waals surface area contributed by atoms with Crippen molar-refractivity contribution in [3.05, 3.63) is 88.0 Å². The van der Waals surface area contributed by atoms with Crippen LogP contribution in [-0.2, 0) is 25.7 Å². The van der Waals surface area contributed by atoms with Crippen LogP contribution in [0.5, 0.6) is 51.7 Å². The van der Waals surface area contributed by atoms with E-state index in [-0.39, 0.29) is 17.8 Å². The van der Waals surface area contributed by atoms with E-state index in [1.807, 2.05) is 30.3 Å². The van der Waals surface area contributed by atoms with Crippen molar-refractivity contribution in [2.75, 3.05) is 55.6 Å². The number of rotatable bonds is 4. The molecule has 1 N–H and O–H groups in total. The first kappa shape index (κ1) is 31.0. The normalized spacial score (nSPS) is 19.0. The number of ether oxygens (including phenoxy) is 6. The standard InChI is InChI=1S/C38H42N2O7/c1-39-15-13-25-27-21-34(37(44-5)35(25)41)47-36-26-14-16-40(2)29(28(26)20-33(43-4)38(36)45-6)17-22-7-10-24(11-8-22)46-32-19-23(18-30(27)39)9-12-31(32)42-3/h7-12,19-21,29-30,41H,13-18H2,1-6H3/t29-,30-/m0/s1. The van der Waals surface area contributed by atoms with Crippen LogP contribution in [0, 0.1) is 0 Å². The van der Waals surface area contributed by atoms with Gasteiger partial charge in [0.25, 0.3) is 0 Å². The third kappa shape index (κ3) is 5.47. The summed E-state index contributed by atoms with van der Waals surface area (Å²) in [5.41, 5.74) is 6.29. The van der Waals surface area contributed by atoms with E-state index in [1.54, 1.807) is 28.4 Å². The SMILES string of the molecule is COc1ccc2cc1Oc1ccc(cc1)C[C@H]1c3cc(OC)c(OC)c(c3CCN1C)Oc1cc3c(c(O)c1OC)CCN(C)[C@H]3C2. The summed E-state index contributed by atoms with van der Waals surface area (Å²) in [6.07, 6.45) is 2.89. The number of hydrogen-bond donors (Lipinski definition) is 1. The molecule has 10 bridgehead atoms. The molecule has 0 fully saturated rings. The summed E-state index contributed by atoms with van der Waals surface area (Å²) in [6.45, 7) is 1.62. The number of likely N-dealkylation sites (N-methyl/N-ethyl adjacent to an activating group) is 2. The van der Waals surface area contributed by atoms with Gasteiger partial charge in [-0.05, 0) is 98.4 Å². The Morgan fingerprint density at radius 3 is 1.91 bits per heavy atom. The van der Waals surface area contributed by atoms with E-state index in [0.29, 0.717) is 53.1 Å². The molecule has 4 heterocycles. The van der Waals surface area contributed by atoms with Crippen molar-refractivity contribution in [2.24, 2.45) is 0 Å². The van der Waals surface area contributed by atoms with E-state index in [0.717, 1.165) is 59.5 Å². The fraction of sp³-hybridized carbons (Fsp3) is 0.368. The van der Waals surface area contributed by atoms with E-state index in [4.69, 9.17) is 28.4 Å². The van der Waals surface area contributed by atoms with Crippen LogP contribution in [0.1, 0.15) is 45.5 Å². The molecule has 4 aliphatic rings. The van der Waals surface area contributed by atoms with Gasteiger partial charge in [0, 0.05) is 36.3 Å². The van der Waals surface area contributed by atoms with Gasteiger partial charge < -0.3 is 33.5 Å². The molecule has 246 valence electrons. The van der Waals surface area contributed by atoms with Crippen molar-refractivity contribution in [1.82, 2.24) is 9.80 Å². The zero-order valence-corrected chi connectivity index (χ0v) is 27.9. The average Bonchev–Trinajstić information content (AvgIpc) is 3.07. The van der Waals surface area contributed by atoms with Gasteiger partial charge in [-0.3, -0.25) is 9.80 Å². The summed E-state index contributed by atoms with van der Waals surface area (Å²) < 4.78 is 36.7. The van der Waals surface area contributed by atoms with Crippen LogP contribution >= 0.6 is 0 Å². The molecular formula is C38H42N2O7. The van der Waals surface area contributed by atoms with Crippen LogP contribution in [0.2, 0.25) is 0 Å². The Balaban J connectivity index is 1.47. The van der Waals surface area contributed by atoms with Gasteiger partial charge in [0.1, 0.15) is 5.75 Å². The summed E-state index contributed by atoms with van der Waals surface area (Å²) in [4.78, 5) is 4.69. The Kier molecular flexibility index (Phi) is 8.28. The second kappa shape index (κ2) is 12.5. The first-order valence-corrected chi connectivity index (χ1v) is 16.1. The summed E-state index contributed by atoms with van der Waals surface area (Å²) in [6, 6.07) is 18.5. The fourth-order valence-electron chi connectivity index (χ4n) is 7.40. The molecule has 2 atom stereocenters. The van der Waals surface area contributed by atoms with Gasteiger partial charge in [-0.15, -0.1) is 0 Å². The third-order valence-corrected chi connectivity index (χ3v) is 9.99. The highest BCUT2D eigenvalue weighted by Crippen LogP contribution is 2.53. The van der Waals surface area contributed by atoms with E-state index < -0.39 is 0 Å². The summed E-state index contributed by atoms with van der Waals surface area (Å²) in [5, 5.41) is 11.7. The maximum atomic E-state index is 11.7. The Labute approximate surface area is 276 Å². The number of benzene rings is 4. The minimum absolute atomic E-state index is 0.0420. The Hall–Kier alpha value is -4.60. The second-order valence-corrected chi connectivity index (χ2v) is 12.6. The number of methoxy groups -OCH3 is 4. The van der Waals surface area contributed by atoms with Crippen molar-refractivity contribution < 1.29 is 33.5 Å². The van der Waals surface area contributed by atoms with Crippen LogP contribution in [0.3, 0.4) is 0 Å². The number of phenolic OH excluding ortho intramolecular Hbond substituents is 1. The molecule has 9 nitrogen and oxygen atoms in total. The predicted octanol–water partition coefficient (Wildman–Crippen LogP) is 6.87. The van der Waals surface area contributed by atoms with E-state index >= 15 is 0 Å². The number of aromatic hydroxyl groups is 1. The zero-order valence-electron chi connectivity index (χ0n) is 27.9. The van der Waals surface area contributed by atoms with Crippen LogP contribution in [0.15, 0.2) is 54.6 Å². The molecule has 4 aromatic rings. The highest BCUT2D eigenvalue weighted by atomic mass is 16.5. The van der Waals surface area contributed by atoms with Crippen LogP contribution in [0.4, 0.5) is 0 Å². The minimum atomic E-state index is -0.0420. The monoisotopic (exact) mass is 638 g/mol. The highest BCUT2D eigenvalue weighted by Gasteiger charge is 2.35. The van der Waals surface area contributed by atoms with Gasteiger partial charge in [-0.25, -0.2) is 0 Å². The Morgan fingerprint density at radius 1 is 0.638 bits per heavy atom. The molecule has 4 aliphatic heterocycles. The van der Waals surface area contributed by atoms with Gasteiger partial charge >= 0.3 is 0 Å². The molecule has 0 spiro atoms. The largest absolute Gasteiger partial charge is 0.504 e. The summed E-state index contributed by atoms with van der Waals surface area (Å²) in [7, 11) is 10.8. The molecule has 0 amide bonds. The van der Waals surface area contributed by atoms with E-state index in [9.17, 15) is 5.11 Å². The van der Waals surface area contributed by atoms with Crippen molar-refractivity contribution >= 4 is 0 Å². The van der Waals surface area contributed by atoms with Crippen molar-refractivity contribution in [3.63, 3.8) is 0 Å². The van der Waals surface area contributed by atoms with Gasteiger partial charge in [0.15, 0.2) is 34.5 Å². The molecule has 4 aromatic carbocycles. The van der Waals surface area contributed by atoms with E-state index in [1.165, 1.54) is 5.56 Å². The lowest BCUT2D eigenvalue weighted by molar-refractivity contribution is 0.222. The average molecular weight is 639 g/mol. The molecule has 0 saturated heterocycles. The van der Waals surface area contributed by atoms with Crippen molar-refractivity contribution in [1.29, 1.82) is 0 Å². The lowest BCUT2D eigenvalue weighted by atomic mass is 9.87. The van der Waals surface area contributed by atoms with Crippen molar-refractivity contribution in [3.8, 4) is 51.7 Å². The summed E-state index contributed by atoms with van der Waals surface area (Å²) in [5.74, 6) is 4.59. The van der Waals surface area contributed by atoms with E-state index in [2.05, 4.69) is 48.2 Å².